The molecule has 0 bridgehead atoms. The third-order valence-corrected chi connectivity index (χ3v) is 7.81. The largest absolute Gasteiger partial charge is 0.338 e. The number of aryl methyl sites for hydroxylation is 1. The van der Waals surface area contributed by atoms with E-state index in [1.165, 1.54) is 27.8 Å². The Hall–Kier alpha value is -1.97. The molecule has 0 saturated carbocycles. The predicted molar refractivity (Wildman–Crippen MR) is 103 cm³/mol. The highest BCUT2D eigenvalue weighted by Gasteiger charge is 2.30. The molecule has 1 aliphatic heterocycles. The summed E-state index contributed by atoms with van der Waals surface area (Å²) in [7, 11) is -3.48. The molecule has 1 N–H and O–H groups in total. The predicted octanol–water partition coefficient (Wildman–Crippen LogP) is 2.45. The second-order valence-electron chi connectivity index (χ2n) is 6.36. The second-order valence-corrected chi connectivity index (χ2v) is 9.82. The van der Waals surface area contributed by atoms with Gasteiger partial charge in [0.15, 0.2) is 0 Å². The van der Waals surface area contributed by atoms with Gasteiger partial charge in [-0.05, 0) is 43.2 Å². The smallest absolute Gasteiger partial charge is 0.317 e. The number of piperazine rings is 1. The van der Waals surface area contributed by atoms with Crippen molar-refractivity contribution in [3.8, 4) is 0 Å². The van der Waals surface area contributed by atoms with Crippen LogP contribution in [0.25, 0.3) is 0 Å². The van der Waals surface area contributed by atoms with Crippen molar-refractivity contribution in [2.45, 2.75) is 17.6 Å². The third kappa shape index (κ3) is 4.85. The van der Waals surface area contributed by atoms with Gasteiger partial charge in [-0.1, -0.05) is 12.1 Å². The topological polar surface area (TPSA) is 69.7 Å². The molecular weight excluding hydrogens is 389 g/mol. The van der Waals surface area contributed by atoms with Gasteiger partial charge in [-0.2, -0.15) is 4.31 Å². The monoisotopic (exact) mass is 411 g/mol. The molecule has 0 aliphatic carbocycles. The molecule has 1 aromatic carbocycles. The summed E-state index contributed by atoms with van der Waals surface area (Å²) in [5.41, 5.74) is 0.943. The van der Waals surface area contributed by atoms with Crippen LogP contribution in [0.1, 0.15) is 10.4 Å². The van der Waals surface area contributed by atoms with Crippen LogP contribution >= 0.6 is 11.3 Å². The van der Waals surface area contributed by atoms with E-state index in [9.17, 15) is 17.6 Å². The minimum absolute atomic E-state index is 0.207. The van der Waals surface area contributed by atoms with Crippen LogP contribution in [0.4, 0.5) is 9.18 Å². The number of urea groups is 1. The van der Waals surface area contributed by atoms with E-state index in [1.54, 1.807) is 29.2 Å². The van der Waals surface area contributed by atoms with E-state index in [2.05, 4.69) is 5.32 Å². The van der Waals surface area contributed by atoms with Gasteiger partial charge in [0.1, 0.15) is 10.0 Å². The van der Waals surface area contributed by atoms with Gasteiger partial charge in [-0.25, -0.2) is 17.6 Å². The normalized spacial score (nSPS) is 15.7. The molecule has 0 spiro atoms. The molecule has 146 valence electrons. The number of sulfonamides is 1. The summed E-state index contributed by atoms with van der Waals surface area (Å²) in [6.45, 7) is 3.59. The van der Waals surface area contributed by atoms with Crippen molar-refractivity contribution in [1.29, 1.82) is 0 Å². The zero-order valence-corrected chi connectivity index (χ0v) is 16.7. The molecule has 27 heavy (non-hydrogen) atoms. The van der Waals surface area contributed by atoms with Crippen LogP contribution in [0, 0.1) is 12.7 Å². The number of halogens is 1. The molecule has 9 heteroatoms. The number of hydrogen-bond donors (Lipinski definition) is 1. The van der Waals surface area contributed by atoms with Crippen molar-refractivity contribution in [2.24, 2.45) is 0 Å². The zero-order valence-electron chi connectivity index (χ0n) is 15.0. The van der Waals surface area contributed by atoms with Gasteiger partial charge in [0.05, 0.1) is 0 Å². The zero-order chi connectivity index (χ0) is 19.4. The number of nitrogens with zero attached hydrogens (tertiary/aromatic N) is 2. The van der Waals surface area contributed by atoms with E-state index in [1.807, 2.05) is 6.92 Å². The number of amides is 2. The number of hydrogen-bond acceptors (Lipinski definition) is 4. The van der Waals surface area contributed by atoms with E-state index in [4.69, 9.17) is 0 Å². The molecular formula is C18H22FN3O3S2. The fraction of sp³-hybridized carbons (Fsp3) is 0.389. The van der Waals surface area contributed by atoms with Gasteiger partial charge >= 0.3 is 6.03 Å². The minimum atomic E-state index is -3.48. The molecule has 2 amide bonds. The van der Waals surface area contributed by atoms with E-state index < -0.39 is 10.0 Å². The van der Waals surface area contributed by atoms with Crippen LogP contribution in [0.5, 0.6) is 0 Å². The average molecular weight is 412 g/mol. The van der Waals surface area contributed by atoms with E-state index >= 15 is 0 Å². The Labute approximate surface area is 162 Å². The first-order chi connectivity index (χ1) is 12.9. The van der Waals surface area contributed by atoms with Crippen LogP contribution in [0.3, 0.4) is 0 Å². The van der Waals surface area contributed by atoms with Crippen LogP contribution in [-0.4, -0.2) is 56.4 Å². The molecule has 0 radical (unpaired) electrons. The Morgan fingerprint density at radius 2 is 1.78 bits per heavy atom. The Kier molecular flexibility index (Phi) is 6.13. The van der Waals surface area contributed by atoms with Gasteiger partial charge in [-0.3, -0.25) is 0 Å². The summed E-state index contributed by atoms with van der Waals surface area (Å²) in [6, 6.07) is 9.39. The first kappa shape index (κ1) is 19.8. The fourth-order valence-electron chi connectivity index (χ4n) is 2.89. The fourth-order valence-corrected chi connectivity index (χ4v) is 5.75. The molecule has 3 rings (SSSR count). The molecule has 2 aromatic rings. The van der Waals surface area contributed by atoms with Gasteiger partial charge < -0.3 is 10.2 Å². The Balaban J connectivity index is 1.47. The summed E-state index contributed by atoms with van der Waals surface area (Å²) in [4.78, 5) is 14.8. The standard InChI is InChI=1S/C18H22FN3O3S2/c1-14-2-7-17(26-14)27(24,25)22-12-10-21(11-13-22)18(23)20-9-8-15-3-5-16(19)6-4-15/h2-7H,8-13H2,1H3,(H,20,23). The van der Waals surface area contributed by atoms with Crippen LogP contribution in [0.2, 0.25) is 0 Å². The molecule has 1 fully saturated rings. The van der Waals surface area contributed by atoms with E-state index in [0.29, 0.717) is 30.3 Å². The van der Waals surface area contributed by atoms with E-state index in [0.717, 1.165) is 10.4 Å². The van der Waals surface area contributed by atoms with E-state index in [-0.39, 0.29) is 24.9 Å². The SMILES string of the molecule is Cc1ccc(S(=O)(=O)N2CCN(C(=O)NCCc3ccc(F)cc3)CC2)s1. The first-order valence-corrected chi connectivity index (χ1v) is 11.0. The lowest BCUT2D eigenvalue weighted by atomic mass is 10.1. The van der Waals surface area contributed by atoms with Crippen molar-refractivity contribution in [2.75, 3.05) is 32.7 Å². The highest BCUT2D eigenvalue weighted by molar-refractivity contribution is 7.91. The Morgan fingerprint density at radius 3 is 2.37 bits per heavy atom. The molecule has 1 aliphatic rings. The van der Waals surface area contributed by atoms with Crippen LogP contribution in [-0.2, 0) is 16.4 Å². The van der Waals surface area contributed by atoms with Crippen molar-refractivity contribution >= 4 is 27.4 Å². The molecule has 2 heterocycles. The van der Waals surface area contributed by atoms with Crippen molar-refractivity contribution < 1.29 is 17.6 Å². The molecule has 0 atom stereocenters. The Bertz CT molecular complexity index is 889. The van der Waals surface area contributed by atoms with Gasteiger partial charge in [0, 0.05) is 37.6 Å². The van der Waals surface area contributed by atoms with Crippen LogP contribution in [0.15, 0.2) is 40.6 Å². The van der Waals surface area contributed by atoms with Gasteiger partial charge in [0.25, 0.3) is 10.0 Å². The highest BCUT2D eigenvalue weighted by Crippen LogP contribution is 2.25. The van der Waals surface area contributed by atoms with Crippen molar-refractivity contribution in [3.05, 3.63) is 52.7 Å². The lowest BCUT2D eigenvalue weighted by Crippen LogP contribution is -2.53. The third-order valence-electron chi connectivity index (χ3n) is 4.44. The number of nitrogens with one attached hydrogen (secondary N) is 1. The number of rotatable bonds is 5. The maximum absolute atomic E-state index is 12.9. The number of thiophene rings is 1. The second kappa shape index (κ2) is 8.37. The summed E-state index contributed by atoms with van der Waals surface area (Å²) < 4.78 is 39.9. The number of carbonyl (C=O) groups excluding carboxylic acids is 1. The van der Waals surface area contributed by atoms with Crippen molar-refractivity contribution in [1.82, 2.24) is 14.5 Å². The highest BCUT2D eigenvalue weighted by atomic mass is 32.2. The van der Waals surface area contributed by atoms with Crippen LogP contribution < -0.4 is 5.32 Å². The summed E-state index contributed by atoms with van der Waals surface area (Å²) in [5.74, 6) is -0.284. The summed E-state index contributed by atoms with van der Waals surface area (Å²) in [5, 5.41) is 2.83. The number of carbonyl (C=O) groups is 1. The summed E-state index contributed by atoms with van der Waals surface area (Å²) in [6.07, 6.45) is 0.609. The average Bonchev–Trinajstić information content (AvgIpc) is 3.10. The summed E-state index contributed by atoms with van der Waals surface area (Å²) >= 11 is 1.26. The molecule has 6 nitrogen and oxygen atoms in total. The Morgan fingerprint density at radius 1 is 1.11 bits per heavy atom. The van der Waals surface area contributed by atoms with Gasteiger partial charge in [0.2, 0.25) is 0 Å². The van der Waals surface area contributed by atoms with Gasteiger partial charge in [-0.15, -0.1) is 11.3 Å². The molecule has 1 saturated heterocycles. The molecule has 1 aromatic heterocycles. The number of benzene rings is 1. The first-order valence-electron chi connectivity index (χ1n) is 8.70. The maximum atomic E-state index is 12.9. The maximum Gasteiger partial charge on any atom is 0.317 e. The lowest BCUT2D eigenvalue weighted by Gasteiger charge is -2.33. The minimum Gasteiger partial charge on any atom is -0.338 e. The molecule has 0 unspecified atom stereocenters. The van der Waals surface area contributed by atoms with Crippen molar-refractivity contribution in [3.63, 3.8) is 0 Å². The quantitative estimate of drug-likeness (QED) is 0.822. The lowest BCUT2D eigenvalue weighted by molar-refractivity contribution is 0.172.